The predicted molar refractivity (Wildman–Crippen MR) is 104 cm³/mol. The molecule has 26 heavy (non-hydrogen) atoms. The van der Waals surface area contributed by atoms with Gasteiger partial charge in [0.25, 0.3) is 5.91 Å². The highest BCUT2D eigenvalue weighted by atomic mass is 35.5. The van der Waals surface area contributed by atoms with E-state index in [2.05, 4.69) is 5.10 Å². The summed E-state index contributed by atoms with van der Waals surface area (Å²) in [4.78, 5) is 26.2. The van der Waals surface area contributed by atoms with Crippen LogP contribution in [0.4, 0.5) is 0 Å². The maximum atomic E-state index is 12.5. The molecule has 0 fully saturated rings. The van der Waals surface area contributed by atoms with E-state index in [0.717, 1.165) is 21.5 Å². The van der Waals surface area contributed by atoms with Crippen LogP contribution in [0.25, 0.3) is 10.2 Å². The highest BCUT2D eigenvalue weighted by Gasteiger charge is 2.20. The number of nitrogens with two attached hydrogens (primary N) is 1. The van der Waals surface area contributed by atoms with Gasteiger partial charge in [0.1, 0.15) is 4.83 Å². The van der Waals surface area contributed by atoms with Crippen LogP contribution in [0.15, 0.2) is 24.3 Å². The molecular formula is C17H16Cl2N4O2S. The van der Waals surface area contributed by atoms with E-state index in [0.29, 0.717) is 21.5 Å². The van der Waals surface area contributed by atoms with E-state index in [9.17, 15) is 9.59 Å². The highest BCUT2D eigenvalue weighted by molar-refractivity contribution is 7.20. The maximum Gasteiger partial charge on any atom is 0.264 e. The number of likely N-dealkylation sites (N-methyl/N-ethyl adjacent to an activating group) is 1. The predicted octanol–water partition coefficient (Wildman–Crippen LogP) is 3.32. The molecule has 6 nitrogen and oxygen atoms in total. The fourth-order valence-electron chi connectivity index (χ4n) is 2.63. The summed E-state index contributed by atoms with van der Waals surface area (Å²) >= 11 is 13.5. The van der Waals surface area contributed by atoms with Crippen LogP contribution in [0.5, 0.6) is 0 Å². The number of carbonyl (C=O) groups excluding carboxylic acids is 2. The largest absolute Gasteiger partial charge is 0.368 e. The average molecular weight is 411 g/mol. The average Bonchev–Trinajstić information content (AvgIpc) is 3.10. The van der Waals surface area contributed by atoms with Gasteiger partial charge in [-0.2, -0.15) is 5.10 Å². The third-order valence-corrected chi connectivity index (χ3v) is 5.62. The minimum atomic E-state index is -0.554. The molecule has 2 amide bonds. The number of hydrogen-bond acceptors (Lipinski definition) is 4. The molecule has 9 heteroatoms. The zero-order valence-electron chi connectivity index (χ0n) is 14.1. The number of thiophene rings is 1. The van der Waals surface area contributed by atoms with Crippen LogP contribution >= 0.6 is 34.5 Å². The van der Waals surface area contributed by atoms with Crippen molar-refractivity contribution in [1.29, 1.82) is 0 Å². The standard InChI is InChI=1S/C17H16Cl2N4O2S/c1-9-12-6-14(16(25)22(2)8-15(20)24)26-17(12)23(21-9)7-10-3-4-11(18)5-13(10)19/h3-6H,7-8H2,1-2H3,(H2,20,24). The van der Waals surface area contributed by atoms with Gasteiger partial charge in [0, 0.05) is 22.5 Å². The number of fused-ring (bicyclic) bond motifs is 1. The van der Waals surface area contributed by atoms with Crippen LogP contribution in [-0.2, 0) is 11.3 Å². The second-order valence-electron chi connectivity index (χ2n) is 5.94. The minimum Gasteiger partial charge on any atom is -0.368 e. The number of hydrogen-bond donors (Lipinski definition) is 1. The number of amides is 2. The van der Waals surface area contributed by atoms with Crippen molar-refractivity contribution < 1.29 is 9.59 Å². The first-order valence-electron chi connectivity index (χ1n) is 7.71. The SMILES string of the molecule is Cc1nn(Cc2ccc(Cl)cc2Cl)c2sc(C(=O)N(C)CC(N)=O)cc12. The Morgan fingerprint density at radius 2 is 2.04 bits per heavy atom. The van der Waals surface area contributed by atoms with Crippen molar-refractivity contribution >= 4 is 56.6 Å². The summed E-state index contributed by atoms with van der Waals surface area (Å²) < 4.78 is 1.81. The Balaban J connectivity index is 1.94. The van der Waals surface area contributed by atoms with E-state index in [1.807, 2.05) is 17.7 Å². The topological polar surface area (TPSA) is 81.2 Å². The van der Waals surface area contributed by atoms with Crippen molar-refractivity contribution in [3.05, 3.63) is 50.4 Å². The molecule has 136 valence electrons. The van der Waals surface area contributed by atoms with E-state index in [1.54, 1.807) is 25.2 Å². The summed E-state index contributed by atoms with van der Waals surface area (Å²) in [5.41, 5.74) is 6.86. The molecule has 2 heterocycles. The molecular weight excluding hydrogens is 395 g/mol. The Hall–Kier alpha value is -2.09. The summed E-state index contributed by atoms with van der Waals surface area (Å²) in [5, 5.41) is 6.57. The zero-order chi connectivity index (χ0) is 19.0. The molecule has 3 rings (SSSR count). The van der Waals surface area contributed by atoms with Gasteiger partial charge in [-0.1, -0.05) is 29.3 Å². The molecule has 0 aliphatic heterocycles. The molecule has 0 spiro atoms. The first-order valence-corrected chi connectivity index (χ1v) is 9.28. The highest BCUT2D eigenvalue weighted by Crippen LogP contribution is 2.30. The molecule has 0 saturated carbocycles. The Labute approximate surface area is 164 Å². The molecule has 0 atom stereocenters. The van der Waals surface area contributed by atoms with E-state index < -0.39 is 5.91 Å². The van der Waals surface area contributed by atoms with Gasteiger partial charge in [-0.15, -0.1) is 11.3 Å². The Morgan fingerprint density at radius 1 is 1.31 bits per heavy atom. The van der Waals surface area contributed by atoms with Gasteiger partial charge in [-0.25, -0.2) is 0 Å². The number of halogens is 2. The van der Waals surface area contributed by atoms with Crippen molar-refractivity contribution in [1.82, 2.24) is 14.7 Å². The first-order chi connectivity index (χ1) is 12.3. The fraction of sp³-hybridized carbons (Fsp3) is 0.235. The van der Waals surface area contributed by atoms with E-state index in [4.69, 9.17) is 28.9 Å². The fourth-order valence-corrected chi connectivity index (χ4v) is 4.25. The van der Waals surface area contributed by atoms with Crippen LogP contribution < -0.4 is 5.73 Å². The maximum absolute atomic E-state index is 12.5. The van der Waals surface area contributed by atoms with E-state index >= 15 is 0 Å². The van der Waals surface area contributed by atoms with E-state index in [-0.39, 0.29) is 12.5 Å². The molecule has 0 aliphatic rings. The number of aryl methyl sites for hydroxylation is 1. The van der Waals surface area contributed by atoms with Gasteiger partial charge in [-0.05, 0) is 30.7 Å². The molecule has 0 bridgehead atoms. The summed E-state index contributed by atoms with van der Waals surface area (Å²) in [5.74, 6) is -0.804. The van der Waals surface area contributed by atoms with Crippen molar-refractivity contribution in [2.75, 3.05) is 13.6 Å². The lowest BCUT2D eigenvalue weighted by atomic mass is 10.2. The molecule has 2 N–H and O–H groups in total. The van der Waals surface area contributed by atoms with Crippen LogP contribution in [0.2, 0.25) is 10.0 Å². The summed E-state index contributed by atoms with van der Waals surface area (Å²) in [6, 6.07) is 7.11. The molecule has 3 aromatic rings. The molecule has 0 saturated heterocycles. The van der Waals surface area contributed by atoms with Gasteiger partial charge in [0.15, 0.2) is 0 Å². The van der Waals surface area contributed by atoms with Gasteiger partial charge in [0.05, 0.1) is 23.7 Å². The van der Waals surface area contributed by atoms with E-state index in [1.165, 1.54) is 16.2 Å². The lowest BCUT2D eigenvalue weighted by Gasteiger charge is -2.13. The van der Waals surface area contributed by atoms with Crippen LogP contribution in [-0.4, -0.2) is 40.1 Å². The van der Waals surface area contributed by atoms with Crippen LogP contribution in [0, 0.1) is 6.92 Å². The summed E-state index contributed by atoms with van der Waals surface area (Å²) in [6.07, 6.45) is 0. The number of primary amides is 1. The number of nitrogens with zero attached hydrogens (tertiary/aromatic N) is 3. The number of rotatable bonds is 5. The quantitative estimate of drug-likeness (QED) is 0.700. The lowest BCUT2D eigenvalue weighted by Crippen LogP contribution is -2.34. The normalized spacial score (nSPS) is 11.1. The lowest BCUT2D eigenvalue weighted by molar-refractivity contribution is -0.118. The van der Waals surface area contributed by atoms with Crippen LogP contribution in [0.1, 0.15) is 20.9 Å². The molecule has 0 aliphatic carbocycles. The smallest absolute Gasteiger partial charge is 0.264 e. The molecule has 2 aromatic heterocycles. The summed E-state index contributed by atoms with van der Waals surface area (Å²) in [6.45, 7) is 2.22. The second kappa shape index (κ2) is 7.26. The molecule has 0 unspecified atom stereocenters. The number of carbonyl (C=O) groups is 2. The minimum absolute atomic E-state index is 0.126. The molecule has 1 aromatic carbocycles. The summed E-state index contributed by atoms with van der Waals surface area (Å²) in [7, 11) is 1.55. The number of benzene rings is 1. The van der Waals surface area contributed by atoms with Gasteiger partial charge < -0.3 is 10.6 Å². The number of aromatic nitrogens is 2. The monoisotopic (exact) mass is 410 g/mol. The Morgan fingerprint density at radius 3 is 2.69 bits per heavy atom. The van der Waals surface area contributed by atoms with Crippen LogP contribution in [0.3, 0.4) is 0 Å². The third kappa shape index (κ3) is 3.70. The second-order valence-corrected chi connectivity index (χ2v) is 7.81. The Kier molecular flexibility index (Phi) is 5.22. The van der Waals surface area contributed by atoms with Crippen molar-refractivity contribution in [2.45, 2.75) is 13.5 Å². The zero-order valence-corrected chi connectivity index (χ0v) is 16.5. The van der Waals surface area contributed by atoms with Crippen molar-refractivity contribution in [3.63, 3.8) is 0 Å². The van der Waals surface area contributed by atoms with Crippen molar-refractivity contribution in [3.8, 4) is 0 Å². The van der Waals surface area contributed by atoms with Gasteiger partial charge in [0.2, 0.25) is 5.91 Å². The molecule has 0 radical (unpaired) electrons. The third-order valence-electron chi connectivity index (χ3n) is 3.89. The Bertz CT molecular complexity index is 1010. The van der Waals surface area contributed by atoms with Gasteiger partial charge >= 0.3 is 0 Å². The van der Waals surface area contributed by atoms with Crippen molar-refractivity contribution in [2.24, 2.45) is 5.73 Å². The van der Waals surface area contributed by atoms with Gasteiger partial charge in [-0.3, -0.25) is 14.3 Å². The first kappa shape index (κ1) is 18.7.